The number of hydrogen-bond donors (Lipinski definition) is 2. The molecule has 0 unspecified atom stereocenters. The van der Waals surface area contributed by atoms with Gasteiger partial charge in [-0.3, -0.25) is 9.78 Å². The van der Waals surface area contributed by atoms with Crippen molar-refractivity contribution in [2.24, 2.45) is 0 Å². The molecule has 5 aromatic rings. The molecule has 0 radical (unpaired) electrons. The number of nitrogens with zero attached hydrogens (tertiary/aromatic N) is 5. The van der Waals surface area contributed by atoms with E-state index in [0.29, 0.717) is 33.7 Å². The van der Waals surface area contributed by atoms with Gasteiger partial charge < -0.3 is 10.6 Å². The number of aromatic nitrogens is 5. The van der Waals surface area contributed by atoms with Crippen LogP contribution in [0, 0.1) is 0 Å². The molecule has 0 fully saturated rings. The summed E-state index contributed by atoms with van der Waals surface area (Å²) in [6, 6.07) is 20.0. The van der Waals surface area contributed by atoms with E-state index in [4.69, 9.17) is 11.6 Å². The summed E-state index contributed by atoms with van der Waals surface area (Å²) < 4.78 is 1.67. The number of aryl methyl sites for hydroxylation is 1. The van der Waals surface area contributed by atoms with Crippen molar-refractivity contribution in [1.29, 1.82) is 0 Å². The van der Waals surface area contributed by atoms with Crippen LogP contribution in [0.15, 0.2) is 79.1 Å². The van der Waals surface area contributed by atoms with Crippen LogP contribution in [0.2, 0.25) is 5.02 Å². The molecule has 0 aliphatic carbocycles. The highest BCUT2D eigenvalue weighted by molar-refractivity contribution is 6.31. The molecule has 35 heavy (non-hydrogen) atoms. The molecule has 0 aliphatic heterocycles. The summed E-state index contributed by atoms with van der Waals surface area (Å²) in [5.41, 5.74) is 3.58. The Hall–Kier alpha value is -4.30. The highest BCUT2D eigenvalue weighted by Gasteiger charge is 2.14. The lowest BCUT2D eigenvalue weighted by Crippen LogP contribution is -2.12. The molecule has 2 N–H and O–H groups in total. The predicted molar refractivity (Wildman–Crippen MR) is 137 cm³/mol. The fourth-order valence-electron chi connectivity index (χ4n) is 3.66. The molecule has 174 valence electrons. The molecule has 0 aliphatic rings. The normalized spacial score (nSPS) is 10.9. The van der Waals surface area contributed by atoms with Crippen molar-refractivity contribution < 1.29 is 4.79 Å². The Kier molecular flexibility index (Phi) is 6.36. The number of pyridine rings is 1. The third-order valence-corrected chi connectivity index (χ3v) is 5.51. The van der Waals surface area contributed by atoms with Crippen molar-refractivity contribution in [2.75, 3.05) is 10.6 Å². The molecule has 9 heteroatoms. The van der Waals surface area contributed by atoms with Crippen LogP contribution < -0.4 is 10.6 Å². The maximum atomic E-state index is 12.8. The number of rotatable bonds is 7. The lowest BCUT2D eigenvalue weighted by Gasteiger charge is -2.11. The Morgan fingerprint density at radius 1 is 1.00 bits per heavy atom. The number of nitrogens with one attached hydrogen (secondary N) is 2. The van der Waals surface area contributed by atoms with Gasteiger partial charge in [-0.15, -0.1) is 5.10 Å². The van der Waals surface area contributed by atoms with Gasteiger partial charge in [0.05, 0.1) is 0 Å². The summed E-state index contributed by atoms with van der Waals surface area (Å²) in [6.45, 7) is 2.10. The SMILES string of the molecule is CCCc1cc(Nc2cccc(C(=O)Nc3cccc(Cl)c3)c2)n2nc(-c3cccnc3)nc2n1. The Labute approximate surface area is 207 Å². The number of benzene rings is 2. The molecule has 0 saturated carbocycles. The van der Waals surface area contributed by atoms with Gasteiger partial charge >= 0.3 is 0 Å². The maximum Gasteiger partial charge on any atom is 0.255 e. The first-order valence-electron chi connectivity index (χ1n) is 11.2. The number of fused-ring (bicyclic) bond motifs is 1. The summed E-state index contributed by atoms with van der Waals surface area (Å²) >= 11 is 6.03. The van der Waals surface area contributed by atoms with Gasteiger partial charge in [-0.25, -0.2) is 4.98 Å². The lowest BCUT2D eigenvalue weighted by atomic mass is 10.1. The molecule has 0 spiro atoms. The van der Waals surface area contributed by atoms with Crippen LogP contribution in [0.4, 0.5) is 17.2 Å². The minimum Gasteiger partial charge on any atom is -0.340 e. The summed E-state index contributed by atoms with van der Waals surface area (Å²) in [5, 5.41) is 11.5. The highest BCUT2D eigenvalue weighted by atomic mass is 35.5. The lowest BCUT2D eigenvalue weighted by molar-refractivity contribution is 0.102. The molecule has 0 atom stereocenters. The van der Waals surface area contributed by atoms with Gasteiger partial charge in [0.15, 0.2) is 5.82 Å². The van der Waals surface area contributed by atoms with E-state index in [1.807, 2.05) is 30.3 Å². The van der Waals surface area contributed by atoms with E-state index in [-0.39, 0.29) is 5.91 Å². The molecule has 8 nitrogen and oxygen atoms in total. The molecule has 5 rings (SSSR count). The van der Waals surface area contributed by atoms with E-state index < -0.39 is 0 Å². The Bertz CT molecular complexity index is 1500. The second kappa shape index (κ2) is 9.90. The average molecular weight is 484 g/mol. The molecule has 2 aromatic carbocycles. The first-order chi connectivity index (χ1) is 17.1. The van der Waals surface area contributed by atoms with Crippen molar-refractivity contribution in [3.05, 3.63) is 95.4 Å². The summed E-state index contributed by atoms with van der Waals surface area (Å²) in [5.74, 6) is 1.50. The molecule has 0 bridgehead atoms. The number of hydrogen-bond acceptors (Lipinski definition) is 6. The molecular formula is C26H22ClN7O. The van der Waals surface area contributed by atoms with Crippen LogP contribution in [-0.4, -0.2) is 30.5 Å². The molecule has 3 heterocycles. The van der Waals surface area contributed by atoms with Crippen LogP contribution in [-0.2, 0) is 6.42 Å². The van der Waals surface area contributed by atoms with Crippen LogP contribution in [0.3, 0.4) is 0 Å². The van der Waals surface area contributed by atoms with Crippen LogP contribution in [0.5, 0.6) is 0 Å². The van der Waals surface area contributed by atoms with Gasteiger partial charge in [0.1, 0.15) is 5.82 Å². The molecular weight excluding hydrogens is 462 g/mol. The predicted octanol–water partition coefficient (Wildman–Crippen LogP) is 5.79. The Morgan fingerprint density at radius 2 is 1.86 bits per heavy atom. The second-order valence-electron chi connectivity index (χ2n) is 7.94. The van der Waals surface area contributed by atoms with Gasteiger partial charge in [-0.05, 0) is 55.0 Å². The Morgan fingerprint density at radius 3 is 2.66 bits per heavy atom. The van der Waals surface area contributed by atoms with Gasteiger partial charge in [0.2, 0.25) is 0 Å². The minimum absolute atomic E-state index is 0.234. The van der Waals surface area contributed by atoms with Crippen molar-refractivity contribution in [2.45, 2.75) is 19.8 Å². The van der Waals surface area contributed by atoms with Gasteiger partial charge in [-0.1, -0.05) is 37.1 Å². The minimum atomic E-state index is -0.234. The van der Waals surface area contributed by atoms with Gasteiger partial charge in [-0.2, -0.15) is 9.50 Å². The number of carbonyl (C=O) groups excluding carboxylic acids is 1. The number of anilines is 3. The van der Waals surface area contributed by atoms with Crippen LogP contribution in [0.25, 0.3) is 17.2 Å². The van der Waals surface area contributed by atoms with E-state index in [2.05, 4.69) is 37.6 Å². The fourth-order valence-corrected chi connectivity index (χ4v) is 3.85. The zero-order chi connectivity index (χ0) is 24.2. The zero-order valence-electron chi connectivity index (χ0n) is 18.9. The number of halogens is 1. The fraction of sp³-hybridized carbons (Fsp3) is 0.115. The maximum absolute atomic E-state index is 12.8. The summed E-state index contributed by atoms with van der Waals surface area (Å²) in [4.78, 5) is 26.3. The largest absolute Gasteiger partial charge is 0.340 e. The molecule has 3 aromatic heterocycles. The van der Waals surface area contributed by atoms with E-state index in [9.17, 15) is 4.79 Å². The van der Waals surface area contributed by atoms with E-state index in [1.54, 1.807) is 53.3 Å². The topological polar surface area (TPSA) is 97.1 Å². The monoisotopic (exact) mass is 483 g/mol. The standard InChI is InChI=1S/C26H22ClN7O/c1-2-6-20-15-23(34-26(31-20)32-24(33-34)18-8-5-12-28-16-18)29-21-10-3-7-17(13-21)25(35)30-22-11-4-9-19(27)14-22/h3-5,7-16,29H,2,6H2,1H3,(H,30,35). The highest BCUT2D eigenvalue weighted by Crippen LogP contribution is 2.23. The summed E-state index contributed by atoms with van der Waals surface area (Å²) in [7, 11) is 0. The number of amides is 1. The number of carbonyl (C=O) groups is 1. The van der Waals surface area contributed by atoms with E-state index >= 15 is 0 Å². The first kappa shape index (κ1) is 22.5. The summed E-state index contributed by atoms with van der Waals surface area (Å²) in [6.07, 6.45) is 5.18. The van der Waals surface area contributed by atoms with Crippen molar-refractivity contribution in [3.63, 3.8) is 0 Å². The molecule has 0 saturated heterocycles. The van der Waals surface area contributed by atoms with E-state index in [1.165, 1.54) is 0 Å². The van der Waals surface area contributed by atoms with Crippen molar-refractivity contribution >= 4 is 40.5 Å². The van der Waals surface area contributed by atoms with Gasteiger partial charge in [0, 0.05) is 51.7 Å². The second-order valence-corrected chi connectivity index (χ2v) is 8.38. The third-order valence-electron chi connectivity index (χ3n) is 5.27. The molecule has 1 amide bonds. The third kappa shape index (κ3) is 5.12. The van der Waals surface area contributed by atoms with Crippen molar-refractivity contribution in [3.8, 4) is 11.4 Å². The first-order valence-corrected chi connectivity index (χ1v) is 11.6. The smallest absolute Gasteiger partial charge is 0.255 e. The average Bonchev–Trinajstić information content (AvgIpc) is 3.30. The quantitative estimate of drug-likeness (QED) is 0.304. The van der Waals surface area contributed by atoms with E-state index in [0.717, 1.165) is 29.8 Å². The van der Waals surface area contributed by atoms with Crippen molar-refractivity contribution in [1.82, 2.24) is 24.6 Å². The van der Waals surface area contributed by atoms with Crippen LogP contribution >= 0.6 is 11.6 Å². The van der Waals surface area contributed by atoms with Crippen LogP contribution in [0.1, 0.15) is 29.4 Å². The van der Waals surface area contributed by atoms with Gasteiger partial charge in [0.25, 0.3) is 11.7 Å². The Balaban J connectivity index is 1.46. The zero-order valence-corrected chi connectivity index (χ0v) is 19.7.